The van der Waals surface area contributed by atoms with Gasteiger partial charge in [-0.3, -0.25) is 0 Å². The molecule has 2 unspecified atom stereocenters. The van der Waals surface area contributed by atoms with Gasteiger partial charge < -0.3 is 15.0 Å². The van der Waals surface area contributed by atoms with Crippen molar-refractivity contribution in [3.05, 3.63) is 113 Å². The lowest BCUT2D eigenvalue weighted by Crippen LogP contribution is -2.52. The van der Waals surface area contributed by atoms with E-state index in [2.05, 4.69) is 77.1 Å². The summed E-state index contributed by atoms with van der Waals surface area (Å²) >= 11 is 0. The van der Waals surface area contributed by atoms with Crippen molar-refractivity contribution in [1.82, 2.24) is 10.2 Å². The molecule has 0 radical (unpaired) electrons. The molecule has 1 N–H and O–H groups in total. The summed E-state index contributed by atoms with van der Waals surface area (Å²) < 4.78 is 5.56. The van der Waals surface area contributed by atoms with Crippen LogP contribution in [0.5, 0.6) is 0 Å². The number of fused-ring (bicyclic) bond motifs is 1. The number of aliphatic imine (C=N–C) groups is 2. The predicted octanol–water partition coefficient (Wildman–Crippen LogP) is 7.17. The molecule has 6 heteroatoms. The molecule has 0 bridgehead atoms. The van der Waals surface area contributed by atoms with Crippen molar-refractivity contribution < 1.29 is 9.53 Å². The third kappa shape index (κ3) is 4.99. The quantitative estimate of drug-likeness (QED) is 0.389. The van der Waals surface area contributed by atoms with E-state index in [0.717, 1.165) is 47.5 Å². The standard InChI is InChI=1S/C33H34N4O2/c1-32(2,3)39-31(38)36-33(19-10-20-33)27-17-15-24(16-18-27)28-29(25-13-8-5-9-14-25)37-22-26(21-34-30(37)35-28)23-11-6-4-7-12-23/h4-9,11-18,21-22,28-29H,10,19-20H2,1-3H3,(H,36,38). The number of alkyl carbamates (subject to hydrolysis) is 1. The van der Waals surface area contributed by atoms with E-state index in [0.29, 0.717) is 0 Å². The van der Waals surface area contributed by atoms with Gasteiger partial charge in [-0.2, -0.15) is 0 Å². The van der Waals surface area contributed by atoms with Gasteiger partial charge in [0, 0.05) is 18.0 Å². The Morgan fingerprint density at radius 3 is 2.21 bits per heavy atom. The number of amides is 1. The fourth-order valence-corrected chi connectivity index (χ4v) is 5.63. The Hall–Kier alpha value is -4.19. The summed E-state index contributed by atoms with van der Waals surface area (Å²) in [5, 5.41) is 3.16. The fraction of sp³-hybridized carbons (Fsp3) is 0.303. The maximum Gasteiger partial charge on any atom is 0.408 e. The normalized spacial score (nSPS) is 21.4. The number of nitrogens with one attached hydrogen (secondary N) is 1. The number of rotatable bonds is 5. The maximum atomic E-state index is 12.6. The minimum atomic E-state index is -0.531. The molecular weight excluding hydrogens is 484 g/mol. The highest BCUT2D eigenvalue weighted by Crippen LogP contribution is 2.46. The summed E-state index contributed by atoms with van der Waals surface area (Å²) in [6, 6.07) is 29.3. The summed E-state index contributed by atoms with van der Waals surface area (Å²) in [4.78, 5) is 24.7. The molecule has 2 heterocycles. The number of carbonyl (C=O) groups excluding carboxylic acids is 1. The monoisotopic (exact) mass is 518 g/mol. The molecule has 3 aromatic rings. The molecular formula is C33H34N4O2. The second-order valence-electron chi connectivity index (χ2n) is 11.5. The Morgan fingerprint density at radius 2 is 1.59 bits per heavy atom. The zero-order chi connectivity index (χ0) is 27.0. The second-order valence-corrected chi connectivity index (χ2v) is 11.5. The number of guanidine groups is 1. The predicted molar refractivity (Wildman–Crippen MR) is 155 cm³/mol. The Bertz CT molecular complexity index is 1430. The van der Waals surface area contributed by atoms with E-state index in [1.54, 1.807) is 0 Å². The van der Waals surface area contributed by atoms with Gasteiger partial charge in [-0.05, 0) is 62.3 Å². The summed E-state index contributed by atoms with van der Waals surface area (Å²) in [6.45, 7) is 5.66. The third-order valence-electron chi connectivity index (χ3n) is 7.68. The van der Waals surface area contributed by atoms with Gasteiger partial charge in [-0.15, -0.1) is 0 Å². The first-order valence-electron chi connectivity index (χ1n) is 13.7. The molecule has 0 saturated heterocycles. The fourth-order valence-electron chi connectivity index (χ4n) is 5.63. The molecule has 0 spiro atoms. The second kappa shape index (κ2) is 9.84. The van der Waals surface area contributed by atoms with Crippen LogP contribution < -0.4 is 5.32 Å². The van der Waals surface area contributed by atoms with Crippen molar-refractivity contribution in [2.45, 2.75) is 63.3 Å². The zero-order valence-corrected chi connectivity index (χ0v) is 22.7. The molecule has 3 aliphatic rings. The van der Waals surface area contributed by atoms with Crippen molar-refractivity contribution in [1.29, 1.82) is 0 Å². The van der Waals surface area contributed by atoms with Gasteiger partial charge in [0.2, 0.25) is 5.96 Å². The minimum Gasteiger partial charge on any atom is -0.444 e. The smallest absolute Gasteiger partial charge is 0.408 e. The van der Waals surface area contributed by atoms with E-state index in [4.69, 9.17) is 14.7 Å². The van der Waals surface area contributed by atoms with Gasteiger partial charge in [0.15, 0.2) is 0 Å². The first kappa shape index (κ1) is 25.1. The minimum absolute atomic E-state index is 0.0132. The number of ether oxygens (including phenoxy) is 1. The van der Waals surface area contributed by atoms with E-state index in [-0.39, 0.29) is 23.7 Å². The highest BCUT2D eigenvalue weighted by molar-refractivity contribution is 6.16. The van der Waals surface area contributed by atoms with Gasteiger partial charge in [0.1, 0.15) is 11.6 Å². The van der Waals surface area contributed by atoms with E-state index >= 15 is 0 Å². The van der Waals surface area contributed by atoms with E-state index in [1.165, 1.54) is 5.56 Å². The lowest BCUT2D eigenvalue weighted by atomic mass is 9.71. The van der Waals surface area contributed by atoms with Gasteiger partial charge in [0.05, 0.1) is 11.6 Å². The summed E-state index contributed by atoms with van der Waals surface area (Å²) in [6.07, 6.45) is 6.59. The van der Waals surface area contributed by atoms with Crippen LogP contribution in [0.2, 0.25) is 0 Å². The maximum absolute atomic E-state index is 12.6. The van der Waals surface area contributed by atoms with Crippen LogP contribution in [0.1, 0.15) is 74.4 Å². The lowest BCUT2D eigenvalue weighted by molar-refractivity contribution is 0.0377. The van der Waals surface area contributed by atoms with Crippen molar-refractivity contribution in [2.24, 2.45) is 9.98 Å². The van der Waals surface area contributed by atoms with Gasteiger partial charge in [0.25, 0.3) is 0 Å². The molecule has 6 nitrogen and oxygen atoms in total. The summed E-state index contributed by atoms with van der Waals surface area (Å²) in [5.41, 5.74) is 4.69. The molecule has 1 amide bonds. The molecule has 2 aliphatic heterocycles. The Balaban J connectivity index is 1.30. The zero-order valence-electron chi connectivity index (χ0n) is 22.7. The van der Waals surface area contributed by atoms with Crippen LogP contribution in [0.3, 0.4) is 0 Å². The van der Waals surface area contributed by atoms with Crippen LogP contribution in [-0.2, 0) is 10.3 Å². The van der Waals surface area contributed by atoms with E-state index < -0.39 is 5.60 Å². The molecule has 198 valence electrons. The molecule has 6 rings (SSSR count). The SMILES string of the molecule is CC(C)(C)OC(=O)NC1(c2ccc(C3N=C4N=CC(c5ccccc5)=CN4C3c3ccccc3)cc2)CCC1. The highest BCUT2D eigenvalue weighted by atomic mass is 16.6. The van der Waals surface area contributed by atoms with Crippen LogP contribution >= 0.6 is 0 Å². The topological polar surface area (TPSA) is 66.3 Å². The van der Waals surface area contributed by atoms with Gasteiger partial charge >= 0.3 is 6.09 Å². The van der Waals surface area contributed by atoms with Crippen LogP contribution in [0, 0.1) is 0 Å². The summed E-state index contributed by atoms with van der Waals surface area (Å²) in [5.74, 6) is 0.722. The first-order valence-corrected chi connectivity index (χ1v) is 13.7. The number of hydrogen-bond acceptors (Lipinski definition) is 5. The molecule has 2 atom stereocenters. The first-order chi connectivity index (χ1) is 18.8. The molecule has 1 fully saturated rings. The highest BCUT2D eigenvalue weighted by Gasteiger charge is 2.42. The molecule has 0 aromatic heterocycles. The number of nitrogens with zero attached hydrogens (tertiary/aromatic N) is 3. The molecule has 1 aliphatic carbocycles. The largest absolute Gasteiger partial charge is 0.444 e. The Kier molecular flexibility index (Phi) is 6.34. The molecule has 39 heavy (non-hydrogen) atoms. The molecule has 3 aromatic carbocycles. The van der Waals surface area contributed by atoms with Crippen molar-refractivity contribution in [3.8, 4) is 0 Å². The van der Waals surface area contributed by atoms with Crippen molar-refractivity contribution in [2.75, 3.05) is 0 Å². The Labute approximate surface area is 230 Å². The number of benzene rings is 3. The van der Waals surface area contributed by atoms with Crippen LogP contribution in [-0.4, -0.2) is 28.8 Å². The van der Waals surface area contributed by atoms with E-state index in [1.807, 2.05) is 51.3 Å². The number of allylic oxidation sites excluding steroid dienone is 1. The van der Waals surface area contributed by atoms with E-state index in [9.17, 15) is 4.79 Å². The van der Waals surface area contributed by atoms with Gasteiger partial charge in [-0.25, -0.2) is 14.8 Å². The lowest BCUT2D eigenvalue weighted by Gasteiger charge is -2.43. The third-order valence-corrected chi connectivity index (χ3v) is 7.68. The van der Waals surface area contributed by atoms with Crippen molar-refractivity contribution >= 4 is 23.8 Å². The number of hydrogen-bond donors (Lipinski definition) is 1. The average molecular weight is 519 g/mol. The number of carbonyl (C=O) groups is 1. The average Bonchev–Trinajstić information content (AvgIpc) is 3.30. The van der Waals surface area contributed by atoms with Crippen LogP contribution in [0.15, 0.2) is 101 Å². The van der Waals surface area contributed by atoms with Crippen LogP contribution in [0.4, 0.5) is 4.79 Å². The summed E-state index contributed by atoms with van der Waals surface area (Å²) in [7, 11) is 0. The van der Waals surface area contributed by atoms with Gasteiger partial charge in [-0.1, -0.05) is 84.9 Å². The van der Waals surface area contributed by atoms with Crippen LogP contribution in [0.25, 0.3) is 5.57 Å². The van der Waals surface area contributed by atoms with Crippen molar-refractivity contribution in [3.63, 3.8) is 0 Å². The molecule has 1 saturated carbocycles. The Morgan fingerprint density at radius 1 is 0.923 bits per heavy atom.